The smallest absolute Gasteiger partial charge is 0.410 e. The molecular weight excluding hydrogens is 567 g/mol. The minimum Gasteiger partial charge on any atom is -0.444 e. The van der Waals surface area contributed by atoms with Crippen LogP contribution in [-0.2, 0) is 9.47 Å². The Morgan fingerprint density at radius 1 is 1.07 bits per heavy atom. The third-order valence-corrected chi connectivity index (χ3v) is 10.5. The largest absolute Gasteiger partial charge is 0.444 e. The van der Waals surface area contributed by atoms with E-state index in [0.29, 0.717) is 38.8 Å². The average molecular weight is 612 g/mol. The summed E-state index contributed by atoms with van der Waals surface area (Å²) in [6, 6.07) is 7.19. The number of aromatic nitrogens is 4. The average Bonchev–Trinajstić information content (AvgIpc) is 3.64. The first-order chi connectivity index (χ1) is 19.9. The molecule has 0 N–H and O–H groups in total. The van der Waals surface area contributed by atoms with Crippen molar-refractivity contribution in [3.63, 3.8) is 0 Å². The molecule has 3 aromatic rings. The Kier molecular flexibility index (Phi) is 9.34. The van der Waals surface area contributed by atoms with Crippen molar-refractivity contribution in [3.8, 4) is 0 Å². The molecule has 3 aromatic heterocycles. The van der Waals surface area contributed by atoms with Gasteiger partial charge in [0.2, 0.25) is 5.13 Å². The number of hydrogen-bond donors (Lipinski definition) is 0. The summed E-state index contributed by atoms with van der Waals surface area (Å²) in [4.78, 5) is 28.3. The predicted octanol–water partition coefficient (Wildman–Crippen LogP) is 6.65. The maximum Gasteiger partial charge on any atom is 0.410 e. The van der Waals surface area contributed by atoms with Gasteiger partial charge in [-0.2, -0.15) is 0 Å². The molecule has 2 fully saturated rings. The minimum absolute atomic E-state index is 0.259. The molecule has 1 aliphatic heterocycles. The molecule has 0 spiro atoms. The van der Waals surface area contributed by atoms with E-state index >= 15 is 0 Å². The highest BCUT2D eigenvalue weighted by Gasteiger charge is 2.27. The monoisotopic (exact) mass is 611 g/mol. The number of piperazine rings is 1. The van der Waals surface area contributed by atoms with E-state index in [-0.39, 0.29) is 6.09 Å². The summed E-state index contributed by atoms with van der Waals surface area (Å²) in [5.41, 5.74) is 2.14. The van der Waals surface area contributed by atoms with Crippen LogP contribution in [0, 0.1) is 0 Å². The lowest BCUT2D eigenvalue weighted by atomic mass is 10.1. The summed E-state index contributed by atoms with van der Waals surface area (Å²) < 4.78 is 11.8. The van der Waals surface area contributed by atoms with Crippen LogP contribution in [0.3, 0.4) is 0 Å². The highest BCUT2D eigenvalue weighted by molar-refractivity contribution is 7.15. The number of nitrogens with zero attached hydrogens (tertiary/aromatic N) is 7. The molecule has 5 rings (SSSR count). The molecule has 2 aliphatic rings. The molecule has 0 radical (unpaired) electrons. The van der Waals surface area contributed by atoms with Crippen LogP contribution < -0.4 is 9.80 Å². The zero-order valence-electron chi connectivity index (χ0n) is 25.9. The van der Waals surface area contributed by atoms with Crippen LogP contribution >= 0.6 is 11.3 Å². The van der Waals surface area contributed by atoms with Crippen molar-refractivity contribution in [1.29, 1.82) is 0 Å². The van der Waals surface area contributed by atoms with Gasteiger partial charge in [-0.25, -0.2) is 9.78 Å². The summed E-state index contributed by atoms with van der Waals surface area (Å²) >= 11 is 1.66. The number of carbonyl (C=O) groups is 1. The molecule has 0 unspecified atom stereocenters. The summed E-state index contributed by atoms with van der Waals surface area (Å²) in [5, 5.41) is 11.1. The molecule has 10 nitrogen and oxygen atoms in total. The first kappa shape index (κ1) is 30.6. The van der Waals surface area contributed by atoms with Gasteiger partial charge in [0.15, 0.2) is 0 Å². The molecule has 1 saturated carbocycles. The lowest BCUT2D eigenvalue weighted by Gasteiger charge is -2.36. The van der Waals surface area contributed by atoms with E-state index in [1.165, 1.54) is 25.7 Å². The molecule has 0 bridgehead atoms. The van der Waals surface area contributed by atoms with E-state index in [1.54, 1.807) is 16.2 Å². The van der Waals surface area contributed by atoms with Crippen LogP contribution in [0.2, 0.25) is 25.7 Å². The second-order valence-corrected chi connectivity index (χ2v) is 20.1. The van der Waals surface area contributed by atoms with E-state index in [1.807, 2.05) is 44.0 Å². The molecule has 1 aliphatic carbocycles. The molecule has 4 heterocycles. The maximum atomic E-state index is 12.5. The Bertz CT molecular complexity index is 1360. The Morgan fingerprint density at radius 2 is 1.81 bits per heavy atom. The number of anilines is 3. The van der Waals surface area contributed by atoms with Gasteiger partial charge in [-0.3, -0.25) is 9.88 Å². The van der Waals surface area contributed by atoms with Crippen molar-refractivity contribution in [2.24, 2.45) is 0 Å². The first-order valence-corrected chi connectivity index (χ1v) is 19.7. The summed E-state index contributed by atoms with van der Waals surface area (Å²) in [6.07, 6.45) is 6.54. The highest BCUT2D eigenvalue weighted by atomic mass is 32.1. The lowest BCUT2D eigenvalue weighted by Crippen LogP contribution is -2.50. The van der Waals surface area contributed by atoms with Gasteiger partial charge < -0.3 is 19.3 Å². The van der Waals surface area contributed by atoms with Crippen LogP contribution in [0.5, 0.6) is 0 Å². The van der Waals surface area contributed by atoms with E-state index in [9.17, 15) is 4.79 Å². The molecule has 42 heavy (non-hydrogen) atoms. The Balaban J connectivity index is 1.33. The molecule has 1 saturated heterocycles. The second-order valence-electron chi connectivity index (χ2n) is 13.5. The third-order valence-electron chi connectivity index (χ3n) is 7.66. The van der Waals surface area contributed by atoms with Gasteiger partial charge >= 0.3 is 6.09 Å². The minimum atomic E-state index is -1.21. The number of rotatable bonds is 9. The topological polar surface area (TPSA) is 96.8 Å². The van der Waals surface area contributed by atoms with Gasteiger partial charge in [-0.05, 0) is 57.9 Å². The zero-order valence-corrected chi connectivity index (χ0v) is 27.7. The van der Waals surface area contributed by atoms with Crippen LogP contribution in [-0.4, -0.2) is 84.4 Å². The molecule has 0 aromatic carbocycles. The van der Waals surface area contributed by atoms with Crippen molar-refractivity contribution in [2.75, 3.05) is 49.3 Å². The SMILES string of the molecule is CC(C)(C)OC(=O)N1CCN(c2cnc3ccc(N(COCC[Si](C)(C)C)c4nnc(C5CCCC5)s4)nc3c2)CC1. The Hall–Kier alpha value is -2.83. The normalized spacial score (nSPS) is 16.8. The van der Waals surface area contributed by atoms with Crippen molar-refractivity contribution < 1.29 is 14.3 Å². The van der Waals surface area contributed by atoms with E-state index in [0.717, 1.165) is 45.3 Å². The van der Waals surface area contributed by atoms with Crippen LogP contribution in [0.25, 0.3) is 11.0 Å². The van der Waals surface area contributed by atoms with Gasteiger partial charge in [-0.1, -0.05) is 43.8 Å². The van der Waals surface area contributed by atoms with E-state index in [2.05, 4.69) is 40.8 Å². The number of pyridine rings is 2. The molecule has 228 valence electrons. The molecular formula is C30H45N7O3SSi. The van der Waals surface area contributed by atoms with Gasteiger partial charge in [0.05, 0.1) is 22.9 Å². The Labute approximate surface area is 254 Å². The summed E-state index contributed by atoms with van der Waals surface area (Å²) in [7, 11) is -1.21. The third kappa shape index (κ3) is 7.96. The van der Waals surface area contributed by atoms with Gasteiger partial charge in [0.25, 0.3) is 0 Å². The van der Waals surface area contributed by atoms with Crippen LogP contribution in [0.15, 0.2) is 24.4 Å². The summed E-state index contributed by atoms with van der Waals surface area (Å²) in [5.74, 6) is 1.29. The fourth-order valence-electron chi connectivity index (χ4n) is 5.21. The van der Waals surface area contributed by atoms with Crippen molar-refractivity contribution >= 4 is 53.2 Å². The lowest BCUT2D eigenvalue weighted by molar-refractivity contribution is 0.0240. The number of carbonyl (C=O) groups excluding carboxylic acids is 1. The number of fused-ring (bicyclic) bond motifs is 1. The van der Waals surface area contributed by atoms with Crippen molar-refractivity contribution in [3.05, 3.63) is 29.4 Å². The van der Waals surface area contributed by atoms with Crippen LogP contribution in [0.4, 0.5) is 21.4 Å². The quantitative estimate of drug-likeness (QED) is 0.150. The van der Waals surface area contributed by atoms with E-state index in [4.69, 9.17) is 19.4 Å². The van der Waals surface area contributed by atoms with Gasteiger partial charge in [-0.15, -0.1) is 10.2 Å². The number of hydrogen-bond acceptors (Lipinski definition) is 10. The van der Waals surface area contributed by atoms with Crippen molar-refractivity contribution in [2.45, 2.75) is 83.7 Å². The highest BCUT2D eigenvalue weighted by Crippen LogP contribution is 2.38. The summed E-state index contributed by atoms with van der Waals surface area (Å²) in [6.45, 7) is 16.5. The Morgan fingerprint density at radius 3 is 2.50 bits per heavy atom. The fourth-order valence-corrected chi connectivity index (χ4v) is 6.97. The van der Waals surface area contributed by atoms with Crippen LogP contribution in [0.1, 0.15) is 57.4 Å². The standard InChI is InChI=1S/C30H45N7O3SSi/c1-30(2,3)40-29(38)36-15-13-35(14-16-36)23-19-25-24(31-20-23)11-12-26(32-25)37(21-39-17-18-42(4,5)6)28-34-33-27(41-28)22-9-7-8-10-22/h11-12,19-20,22H,7-10,13-18,21H2,1-6H3. The number of ether oxygens (including phenoxy) is 2. The van der Waals surface area contributed by atoms with E-state index < -0.39 is 13.7 Å². The van der Waals surface area contributed by atoms with Crippen molar-refractivity contribution in [1.82, 2.24) is 25.1 Å². The fraction of sp³-hybridized carbons (Fsp3) is 0.633. The second kappa shape index (κ2) is 12.8. The molecule has 0 atom stereocenters. The maximum absolute atomic E-state index is 12.5. The molecule has 1 amide bonds. The first-order valence-electron chi connectivity index (χ1n) is 15.1. The zero-order chi connectivity index (χ0) is 29.9. The number of amides is 1. The predicted molar refractivity (Wildman–Crippen MR) is 172 cm³/mol. The van der Waals surface area contributed by atoms with Gasteiger partial charge in [0, 0.05) is 46.8 Å². The molecule has 12 heteroatoms. The van der Waals surface area contributed by atoms with Gasteiger partial charge in [0.1, 0.15) is 23.2 Å².